The largest absolute Gasteiger partial charge is 0.375 e. The van der Waals surface area contributed by atoms with Crippen molar-refractivity contribution in [3.8, 4) is 0 Å². The molecule has 0 amide bonds. The normalized spacial score (nSPS) is 11.9. The minimum absolute atomic E-state index is 0.214. The second-order valence-electron chi connectivity index (χ2n) is 5.54. The van der Waals surface area contributed by atoms with E-state index in [9.17, 15) is 0 Å². The molecule has 2 aromatic heterocycles. The lowest BCUT2D eigenvalue weighted by Gasteiger charge is -2.15. The van der Waals surface area contributed by atoms with E-state index in [1.54, 1.807) is 0 Å². The van der Waals surface area contributed by atoms with Crippen LogP contribution in [-0.4, -0.2) is 19.9 Å². The smallest absolute Gasteiger partial charge is 0.226 e. The van der Waals surface area contributed by atoms with Gasteiger partial charge in [0.25, 0.3) is 0 Å². The maximum absolute atomic E-state index is 5.60. The Balaban J connectivity index is 1.75. The van der Waals surface area contributed by atoms with Crippen LogP contribution in [-0.2, 0) is 18.6 Å². The maximum atomic E-state index is 5.60. The zero-order valence-electron chi connectivity index (χ0n) is 12.0. The van der Waals surface area contributed by atoms with Crippen molar-refractivity contribution < 1.29 is 4.52 Å². The molecule has 0 fully saturated rings. The molecule has 2 aromatic rings. The lowest BCUT2D eigenvalue weighted by molar-refractivity contribution is 0.371. The Labute approximate surface area is 127 Å². The van der Waals surface area contributed by atoms with Crippen molar-refractivity contribution in [2.24, 2.45) is 0 Å². The molecule has 0 aromatic carbocycles. The maximum Gasteiger partial charge on any atom is 0.226 e. The third-order valence-corrected chi connectivity index (χ3v) is 4.53. The lowest BCUT2D eigenvalue weighted by atomic mass is 10.2. The molecule has 5 nitrogen and oxygen atoms in total. The number of aromatic nitrogens is 3. The van der Waals surface area contributed by atoms with E-state index in [2.05, 4.69) is 35.9 Å². The Morgan fingerprint density at radius 1 is 1.30 bits per heavy atom. The molecule has 0 unspecified atom stereocenters. The van der Waals surface area contributed by atoms with E-state index in [1.807, 2.05) is 17.1 Å². The van der Waals surface area contributed by atoms with Gasteiger partial charge in [-0.05, 0) is 12.8 Å². The van der Waals surface area contributed by atoms with Crippen LogP contribution in [0.25, 0.3) is 0 Å². The van der Waals surface area contributed by atoms with E-state index in [4.69, 9.17) is 10.3 Å². The predicted octanol–water partition coefficient (Wildman–Crippen LogP) is 3.32. The number of anilines is 1. The van der Waals surface area contributed by atoms with Gasteiger partial charge in [-0.3, -0.25) is 0 Å². The standard InChI is InChI=1S/C13H20N4OS2/c1-13(2,3)20-8-10-16-11(18-17-10)6-4-5-9-7-19-12(14)15-9/h7H,4-6,8H2,1-3H3,(H2,14,15). The van der Waals surface area contributed by atoms with Gasteiger partial charge in [-0.15, -0.1) is 23.1 Å². The Bertz CT molecular complexity index is 545. The van der Waals surface area contributed by atoms with Crippen LogP contribution < -0.4 is 5.73 Å². The number of aryl methyl sites for hydroxylation is 2. The summed E-state index contributed by atoms with van der Waals surface area (Å²) in [7, 11) is 0. The van der Waals surface area contributed by atoms with Crippen LogP contribution in [0.1, 0.15) is 44.6 Å². The highest BCUT2D eigenvalue weighted by molar-refractivity contribution is 7.99. The van der Waals surface area contributed by atoms with E-state index < -0.39 is 0 Å². The molecule has 20 heavy (non-hydrogen) atoms. The van der Waals surface area contributed by atoms with Crippen LogP contribution in [0.5, 0.6) is 0 Å². The molecular weight excluding hydrogens is 292 g/mol. The van der Waals surface area contributed by atoms with Gasteiger partial charge < -0.3 is 10.3 Å². The fourth-order valence-electron chi connectivity index (χ4n) is 1.59. The van der Waals surface area contributed by atoms with Gasteiger partial charge in [0.15, 0.2) is 11.0 Å². The number of thiazole rings is 1. The van der Waals surface area contributed by atoms with Crippen molar-refractivity contribution >= 4 is 28.2 Å². The second kappa shape index (κ2) is 6.58. The average molecular weight is 312 g/mol. The Morgan fingerprint density at radius 3 is 2.75 bits per heavy atom. The molecule has 0 aliphatic carbocycles. The van der Waals surface area contributed by atoms with E-state index >= 15 is 0 Å². The number of nitrogen functional groups attached to an aromatic ring is 1. The number of nitrogens with two attached hydrogens (primary N) is 1. The minimum Gasteiger partial charge on any atom is -0.375 e. The van der Waals surface area contributed by atoms with Crippen LogP contribution in [0.4, 0.5) is 5.13 Å². The van der Waals surface area contributed by atoms with Crippen molar-refractivity contribution in [3.05, 3.63) is 22.8 Å². The summed E-state index contributed by atoms with van der Waals surface area (Å²) in [4.78, 5) is 8.64. The first-order valence-corrected chi connectivity index (χ1v) is 8.44. The molecule has 110 valence electrons. The molecule has 0 saturated heterocycles. The van der Waals surface area contributed by atoms with Crippen LogP contribution in [0, 0.1) is 0 Å². The zero-order valence-corrected chi connectivity index (χ0v) is 13.7. The van der Waals surface area contributed by atoms with Gasteiger partial charge in [0.2, 0.25) is 5.89 Å². The summed E-state index contributed by atoms with van der Waals surface area (Å²) in [6.45, 7) is 6.54. The minimum atomic E-state index is 0.214. The van der Waals surface area contributed by atoms with E-state index in [0.717, 1.165) is 36.5 Å². The monoisotopic (exact) mass is 312 g/mol. The first-order chi connectivity index (χ1) is 9.42. The molecule has 0 aliphatic rings. The summed E-state index contributed by atoms with van der Waals surface area (Å²) in [5, 5.41) is 6.63. The highest BCUT2D eigenvalue weighted by atomic mass is 32.2. The SMILES string of the molecule is CC(C)(C)SCc1noc(CCCc2csc(N)n2)n1. The van der Waals surface area contributed by atoms with Crippen LogP contribution in [0.15, 0.2) is 9.90 Å². The van der Waals surface area contributed by atoms with Crippen LogP contribution in [0.3, 0.4) is 0 Å². The predicted molar refractivity (Wildman–Crippen MR) is 83.9 cm³/mol. The zero-order chi connectivity index (χ0) is 14.6. The molecule has 0 aliphatic heterocycles. The molecule has 2 heterocycles. The topological polar surface area (TPSA) is 77.8 Å². The number of nitrogens with zero attached hydrogens (tertiary/aromatic N) is 3. The summed E-state index contributed by atoms with van der Waals surface area (Å²) in [5.74, 6) is 2.27. The Morgan fingerprint density at radius 2 is 2.10 bits per heavy atom. The quantitative estimate of drug-likeness (QED) is 0.881. The second-order valence-corrected chi connectivity index (χ2v) is 8.23. The van der Waals surface area contributed by atoms with E-state index in [1.165, 1.54) is 11.3 Å². The van der Waals surface area contributed by atoms with Crippen molar-refractivity contribution in [2.45, 2.75) is 50.5 Å². The van der Waals surface area contributed by atoms with E-state index in [0.29, 0.717) is 11.0 Å². The summed E-state index contributed by atoms with van der Waals surface area (Å²) in [6.07, 6.45) is 2.62. The van der Waals surface area contributed by atoms with Gasteiger partial charge in [-0.2, -0.15) is 4.98 Å². The van der Waals surface area contributed by atoms with E-state index in [-0.39, 0.29) is 4.75 Å². The molecule has 0 atom stereocenters. The first kappa shape index (κ1) is 15.3. The summed E-state index contributed by atoms with van der Waals surface area (Å²) < 4.78 is 5.47. The van der Waals surface area contributed by atoms with Crippen LogP contribution >= 0.6 is 23.1 Å². The van der Waals surface area contributed by atoms with Gasteiger partial charge in [0.05, 0.1) is 11.4 Å². The van der Waals surface area contributed by atoms with Gasteiger partial charge in [-0.25, -0.2) is 4.98 Å². The summed E-state index contributed by atoms with van der Waals surface area (Å²) >= 11 is 3.29. The molecule has 0 radical (unpaired) electrons. The molecule has 0 saturated carbocycles. The van der Waals surface area contributed by atoms with Gasteiger partial charge in [0.1, 0.15) is 0 Å². The fourth-order valence-corrected chi connectivity index (χ4v) is 2.87. The van der Waals surface area contributed by atoms with Crippen molar-refractivity contribution in [2.75, 3.05) is 5.73 Å². The first-order valence-electron chi connectivity index (χ1n) is 6.58. The highest BCUT2D eigenvalue weighted by Gasteiger charge is 2.13. The number of rotatable bonds is 6. The summed E-state index contributed by atoms with van der Waals surface area (Å²) in [6, 6.07) is 0. The van der Waals surface area contributed by atoms with Crippen LogP contribution in [0.2, 0.25) is 0 Å². The molecule has 0 bridgehead atoms. The Kier molecular flexibility index (Phi) is 5.04. The van der Waals surface area contributed by atoms with Gasteiger partial charge in [-0.1, -0.05) is 25.9 Å². The fraction of sp³-hybridized carbons (Fsp3) is 0.615. The summed E-state index contributed by atoms with van der Waals surface area (Å²) in [5.41, 5.74) is 6.63. The number of hydrogen-bond acceptors (Lipinski definition) is 7. The molecule has 2 N–H and O–H groups in total. The average Bonchev–Trinajstić information content (AvgIpc) is 2.95. The van der Waals surface area contributed by atoms with Crippen molar-refractivity contribution in [3.63, 3.8) is 0 Å². The van der Waals surface area contributed by atoms with Gasteiger partial charge in [0, 0.05) is 16.5 Å². The highest BCUT2D eigenvalue weighted by Crippen LogP contribution is 2.26. The van der Waals surface area contributed by atoms with Crippen molar-refractivity contribution in [1.29, 1.82) is 0 Å². The molecule has 2 rings (SSSR count). The molecule has 7 heteroatoms. The molecule has 0 spiro atoms. The number of thioether (sulfide) groups is 1. The third-order valence-electron chi connectivity index (χ3n) is 2.54. The number of hydrogen-bond donors (Lipinski definition) is 1. The van der Waals surface area contributed by atoms with Gasteiger partial charge >= 0.3 is 0 Å². The lowest BCUT2D eigenvalue weighted by Crippen LogP contribution is -2.07. The molecular formula is C13H20N4OS2. The third kappa shape index (κ3) is 5.13. The Hall–Kier alpha value is -1.08. The van der Waals surface area contributed by atoms with Crippen molar-refractivity contribution in [1.82, 2.24) is 15.1 Å².